The largest absolute Gasteiger partial charge is 0.376 e. The minimum atomic E-state index is -0.109. The molecule has 2 aliphatic rings. The van der Waals surface area contributed by atoms with E-state index in [4.69, 9.17) is 10.5 Å². The summed E-state index contributed by atoms with van der Waals surface area (Å²) < 4.78 is 6.26. The second kappa shape index (κ2) is 10.2. The fourth-order valence-corrected chi connectivity index (χ4v) is 4.54. The van der Waals surface area contributed by atoms with Crippen LogP contribution in [0.15, 0.2) is 30.3 Å². The Hall–Kier alpha value is -1.92. The lowest BCUT2D eigenvalue weighted by Crippen LogP contribution is -2.58. The van der Waals surface area contributed by atoms with Crippen molar-refractivity contribution >= 4 is 11.8 Å². The van der Waals surface area contributed by atoms with Gasteiger partial charge in [-0.15, -0.1) is 0 Å². The molecule has 2 atom stereocenters. The molecule has 29 heavy (non-hydrogen) atoms. The predicted molar refractivity (Wildman–Crippen MR) is 113 cm³/mol. The summed E-state index contributed by atoms with van der Waals surface area (Å²) in [5.41, 5.74) is 7.78. The van der Waals surface area contributed by atoms with Crippen molar-refractivity contribution in [2.75, 3.05) is 26.7 Å². The Kier molecular flexibility index (Phi) is 7.67. The van der Waals surface area contributed by atoms with E-state index in [1.165, 1.54) is 17.4 Å². The van der Waals surface area contributed by atoms with Gasteiger partial charge in [0.1, 0.15) is 0 Å². The van der Waals surface area contributed by atoms with Gasteiger partial charge in [0.15, 0.2) is 0 Å². The van der Waals surface area contributed by atoms with Crippen LogP contribution in [0.5, 0.6) is 0 Å². The van der Waals surface area contributed by atoms with Gasteiger partial charge in [0, 0.05) is 26.6 Å². The molecule has 1 saturated heterocycles. The number of benzene rings is 1. The molecule has 6 heteroatoms. The molecule has 0 spiro atoms. The summed E-state index contributed by atoms with van der Waals surface area (Å²) in [4.78, 5) is 27.5. The molecule has 1 aliphatic heterocycles. The number of likely N-dealkylation sites (tertiary alicyclic amines) is 1. The van der Waals surface area contributed by atoms with Crippen LogP contribution in [0.4, 0.5) is 0 Å². The first-order valence-corrected chi connectivity index (χ1v) is 10.9. The van der Waals surface area contributed by atoms with Crippen LogP contribution in [-0.2, 0) is 14.3 Å². The van der Waals surface area contributed by atoms with Crippen molar-refractivity contribution in [2.45, 2.75) is 69.6 Å². The number of piperidine rings is 1. The number of ether oxygens (including phenoxy) is 1. The second-order valence-corrected chi connectivity index (χ2v) is 8.55. The number of nitrogens with two attached hydrogens (primary N) is 1. The normalized spacial score (nSPS) is 27.5. The van der Waals surface area contributed by atoms with Gasteiger partial charge in [-0.2, -0.15) is 0 Å². The maximum atomic E-state index is 12.7. The highest BCUT2D eigenvalue weighted by molar-refractivity contribution is 5.84. The van der Waals surface area contributed by atoms with Gasteiger partial charge in [-0.3, -0.25) is 9.59 Å². The maximum Gasteiger partial charge on any atom is 0.242 e. The van der Waals surface area contributed by atoms with Gasteiger partial charge in [0.05, 0.1) is 25.3 Å². The molecular formula is C23H35N3O3. The second-order valence-electron chi connectivity index (χ2n) is 8.55. The molecule has 1 saturated carbocycles. The SMILES string of the molecule is CC(=O)N(C)CC(=O)N1CCC[C@H](N)[C@@H]1COC1CCC(c2ccccc2)CC1. The van der Waals surface area contributed by atoms with E-state index in [2.05, 4.69) is 30.3 Å². The van der Waals surface area contributed by atoms with Crippen molar-refractivity contribution in [1.82, 2.24) is 9.80 Å². The first-order valence-electron chi connectivity index (χ1n) is 10.9. The van der Waals surface area contributed by atoms with E-state index in [0.29, 0.717) is 19.1 Å². The maximum absolute atomic E-state index is 12.7. The van der Waals surface area contributed by atoms with Gasteiger partial charge in [0.25, 0.3) is 0 Å². The fourth-order valence-electron chi connectivity index (χ4n) is 4.54. The van der Waals surface area contributed by atoms with Gasteiger partial charge in [-0.05, 0) is 50.0 Å². The number of likely N-dealkylation sites (N-methyl/N-ethyl adjacent to an activating group) is 1. The average molecular weight is 402 g/mol. The van der Waals surface area contributed by atoms with Crippen LogP contribution >= 0.6 is 0 Å². The smallest absolute Gasteiger partial charge is 0.242 e. The van der Waals surface area contributed by atoms with E-state index >= 15 is 0 Å². The number of hydrogen-bond donors (Lipinski definition) is 1. The van der Waals surface area contributed by atoms with Crippen LogP contribution in [0.3, 0.4) is 0 Å². The van der Waals surface area contributed by atoms with E-state index in [9.17, 15) is 9.59 Å². The Balaban J connectivity index is 1.51. The third-order valence-corrected chi connectivity index (χ3v) is 6.51. The summed E-state index contributed by atoms with van der Waals surface area (Å²) in [6, 6.07) is 10.5. The molecule has 0 bridgehead atoms. The number of rotatable bonds is 6. The van der Waals surface area contributed by atoms with Crippen molar-refractivity contribution in [3.05, 3.63) is 35.9 Å². The van der Waals surface area contributed by atoms with Gasteiger partial charge >= 0.3 is 0 Å². The van der Waals surface area contributed by atoms with Crippen molar-refractivity contribution in [3.8, 4) is 0 Å². The molecule has 1 aromatic carbocycles. The third kappa shape index (κ3) is 5.80. The van der Waals surface area contributed by atoms with E-state index in [1.54, 1.807) is 7.05 Å². The van der Waals surface area contributed by atoms with Crippen LogP contribution < -0.4 is 5.73 Å². The van der Waals surface area contributed by atoms with Crippen molar-refractivity contribution in [2.24, 2.45) is 5.73 Å². The summed E-state index contributed by atoms with van der Waals surface area (Å²) >= 11 is 0. The molecule has 2 amide bonds. The minimum absolute atomic E-state index is 0.0424. The highest BCUT2D eigenvalue weighted by Gasteiger charge is 2.34. The van der Waals surface area contributed by atoms with E-state index in [1.807, 2.05) is 4.90 Å². The van der Waals surface area contributed by atoms with Gasteiger partial charge in [-0.1, -0.05) is 30.3 Å². The number of carbonyl (C=O) groups is 2. The van der Waals surface area contributed by atoms with Gasteiger partial charge in [-0.25, -0.2) is 0 Å². The summed E-state index contributed by atoms with van der Waals surface area (Å²) in [5.74, 6) is 0.468. The van der Waals surface area contributed by atoms with Crippen LogP contribution in [0.25, 0.3) is 0 Å². The standard InChI is InChI=1S/C23H35N3O3/c1-17(27)25(2)15-23(28)26-14-6-9-21(24)22(26)16-29-20-12-10-19(11-13-20)18-7-4-3-5-8-18/h3-5,7-8,19-22H,6,9-16,24H2,1-2H3/t19?,20?,21-,22-/m0/s1. The van der Waals surface area contributed by atoms with E-state index < -0.39 is 0 Å². The summed E-state index contributed by atoms with van der Waals surface area (Å²) in [5, 5.41) is 0. The molecule has 2 fully saturated rings. The number of nitrogens with zero attached hydrogens (tertiary/aromatic N) is 2. The molecular weight excluding hydrogens is 366 g/mol. The molecule has 1 aliphatic carbocycles. The highest BCUT2D eigenvalue weighted by atomic mass is 16.5. The lowest BCUT2D eigenvalue weighted by molar-refractivity contribution is -0.143. The van der Waals surface area contributed by atoms with Gasteiger partial charge < -0.3 is 20.3 Å². The predicted octanol–water partition coefficient (Wildman–Crippen LogP) is 2.53. The lowest BCUT2D eigenvalue weighted by Gasteiger charge is -2.41. The fraction of sp³-hybridized carbons (Fsp3) is 0.652. The summed E-state index contributed by atoms with van der Waals surface area (Å²) in [7, 11) is 1.65. The van der Waals surface area contributed by atoms with Crippen molar-refractivity contribution in [1.29, 1.82) is 0 Å². The zero-order valence-corrected chi connectivity index (χ0v) is 17.8. The lowest BCUT2D eigenvalue weighted by atomic mass is 9.83. The van der Waals surface area contributed by atoms with Crippen molar-refractivity contribution in [3.63, 3.8) is 0 Å². The number of carbonyl (C=O) groups excluding carboxylic acids is 2. The number of amides is 2. The monoisotopic (exact) mass is 401 g/mol. The molecule has 0 aromatic heterocycles. The molecule has 6 nitrogen and oxygen atoms in total. The Morgan fingerprint density at radius 3 is 2.48 bits per heavy atom. The molecule has 1 aromatic rings. The molecule has 2 N–H and O–H groups in total. The molecule has 1 heterocycles. The summed E-state index contributed by atoms with van der Waals surface area (Å²) in [6.45, 7) is 2.74. The quantitative estimate of drug-likeness (QED) is 0.795. The Morgan fingerprint density at radius 2 is 1.83 bits per heavy atom. The topological polar surface area (TPSA) is 75.9 Å². The highest BCUT2D eigenvalue weighted by Crippen LogP contribution is 2.34. The Labute approximate surface area is 174 Å². The zero-order chi connectivity index (χ0) is 20.8. The van der Waals surface area contributed by atoms with E-state index in [0.717, 1.165) is 38.5 Å². The Morgan fingerprint density at radius 1 is 1.14 bits per heavy atom. The Bertz CT molecular complexity index is 673. The van der Waals surface area contributed by atoms with Crippen LogP contribution in [0.2, 0.25) is 0 Å². The van der Waals surface area contributed by atoms with E-state index in [-0.39, 0.29) is 36.5 Å². The van der Waals surface area contributed by atoms with Gasteiger partial charge in [0.2, 0.25) is 11.8 Å². The first kappa shape index (κ1) is 21.8. The van der Waals surface area contributed by atoms with Crippen LogP contribution in [-0.4, -0.2) is 66.5 Å². The molecule has 160 valence electrons. The van der Waals surface area contributed by atoms with Crippen molar-refractivity contribution < 1.29 is 14.3 Å². The summed E-state index contributed by atoms with van der Waals surface area (Å²) in [6.07, 6.45) is 6.40. The minimum Gasteiger partial charge on any atom is -0.376 e. The zero-order valence-electron chi connectivity index (χ0n) is 17.8. The first-order chi connectivity index (χ1) is 14.0. The molecule has 3 rings (SSSR count). The van der Waals surface area contributed by atoms with Crippen LogP contribution in [0, 0.1) is 0 Å². The molecule has 0 unspecified atom stereocenters. The average Bonchev–Trinajstić information content (AvgIpc) is 2.73. The third-order valence-electron chi connectivity index (χ3n) is 6.51. The van der Waals surface area contributed by atoms with Crippen LogP contribution in [0.1, 0.15) is 56.9 Å². The number of hydrogen-bond acceptors (Lipinski definition) is 4. The molecule has 0 radical (unpaired) electrons.